The summed E-state index contributed by atoms with van der Waals surface area (Å²) in [5.41, 5.74) is 0.436. The van der Waals surface area contributed by atoms with Crippen molar-refractivity contribution in [3.63, 3.8) is 0 Å². The van der Waals surface area contributed by atoms with E-state index < -0.39 is 0 Å². The Morgan fingerprint density at radius 2 is 1.79 bits per heavy atom. The van der Waals surface area contributed by atoms with Gasteiger partial charge in [-0.2, -0.15) is 10.2 Å². The number of hydrogen-bond donors (Lipinski definition) is 0. The van der Waals surface area contributed by atoms with Crippen LogP contribution in [0.25, 0.3) is 11.4 Å². The first-order valence-electron chi connectivity index (χ1n) is 3.87. The van der Waals surface area contributed by atoms with E-state index >= 15 is 0 Å². The van der Waals surface area contributed by atoms with E-state index in [2.05, 4.69) is 10.2 Å². The third-order valence-electron chi connectivity index (χ3n) is 1.70. The molecule has 0 N–H and O–H groups in total. The molecule has 2 rings (SSSR count). The Hall–Kier alpha value is -2.24. The number of aromatic nitrogens is 4. The summed E-state index contributed by atoms with van der Waals surface area (Å²) in [5.74, 6) is -0.0117. The maximum atomic E-state index is 11.3. The van der Waals surface area contributed by atoms with Crippen molar-refractivity contribution in [3.8, 4) is 11.4 Å². The van der Waals surface area contributed by atoms with Crippen LogP contribution in [0.2, 0.25) is 0 Å². The predicted octanol–water partition coefficient (Wildman–Crippen LogP) is -0.590. The Morgan fingerprint density at radius 1 is 1.07 bits per heavy atom. The van der Waals surface area contributed by atoms with Crippen LogP contribution in [0.3, 0.4) is 0 Å². The molecule has 70 valence electrons. The summed E-state index contributed by atoms with van der Waals surface area (Å²) in [4.78, 5) is 0. The normalized spacial score (nSPS) is 10.0. The molecule has 6 heteroatoms. The van der Waals surface area contributed by atoms with Crippen molar-refractivity contribution in [2.24, 2.45) is 0 Å². The van der Waals surface area contributed by atoms with Gasteiger partial charge in [0.1, 0.15) is 5.56 Å². The van der Waals surface area contributed by atoms with Crippen LogP contribution in [0.4, 0.5) is 0 Å². The average Bonchev–Trinajstić information content (AvgIpc) is 2.19. The van der Waals surface area contributed by atoms with Crippen molar-refractivity contribution in [2.75, 3.05) is 0 Å². The van der Waals surface area contributed by atoms with Gasteiger partial charge in [0.2, 0.25) is 0 Å². The monoisotopic (exact) mass is 190 g/mol. The first-order valence-corrected chi connectivity index (χ1v) is 3.87. The van der Waals surface area contributed by atoms with Crippen LogP contribution < -0.4 is 9.46 Å². The highest BCUT2D eigenvalue weighted by Crippen LogP contribution is 2.06. The maximum Gasteiger partial charge on any atom is 0.475 e. The zero-order valence-electron chi connectivity index (χ0n) is 7.07. The van der Waals surface area contributed by atoms with Gasteiger partial charge in [0.15, 0.2) is 12.4 Å². The molecule has 0 fully saturated rings. The molecule has 0 spiro atoms. The molecule has 0 aliphatic rings. The van der Waals surface area contributed by atoms with Crippen LogP contribution in [0.5, 0.6) is 0 Å². The van der Waals surface area contributed by atoms with Crippen LogP contribution in [0, 0.1) is 10.4 Å². The topological polar surface area (TPSA) is 79.7 Å². The van der Waals surface area contributed by atoms with Gasteiger partial charge in [0.05, 0.1) is 18.5 Å². The summed E-state index contributed by atoms with van der Waals surface area (Å²) >= 11 is 0. The van der Waals surface area contributed by atoms with Crippen LogP contribution in [-0.4, -0.2) is 10.2 Å². The number of nitrogens with zero attached hydrogens (tertiary/aromatic N) is 4. The lowest BCUT2D eigenvalue weighted by Crippen LogP contribution is -2.44. The van der Waals surface area contributed by atoms with E-state index in [-0.39, 0.29) is 5.82 Å². The quantitative estimate of drug-likeness (QED) is 0.444. The van der Waals surface area contributed by atoms with Crippen LogP contribution >= 0.6 is 0 Å². The largest absolute Gasteiger partial charge is 0.614 e. The lowest BCUT2D eigenvalue weighted by molar-refractivity contribution is -0.725. The van der Waals surface area contributed by atoms with Crippen LogP contribution in [0.15, 0.2) is 36.9 Å². The Kier molecular flexibility index (Phi) is 1.94. The summed E-state index contributed by atoms with van der Waals surface area (Å²) in [6.45, 7) is 0. The summed E-state index contributed by atoms with van der Waals surface area (Å²) < 4.78 is 0.980. The van der Waals surface area contributed by atoms with Crippen molar-refractivity contribution in [3.05, 3.63) is 47.3 Å². The SMILES string of the molecule is [O-][n+]1ccc[n+]([O-])c1-c1ccnnc1. The van der Waals surface area contributed by atoms with Crippen molar-refractivity contribution >= 4 is 0 Å². The Morgan fingerprint density at radius 3 is 2.36 bits per heavy atom. The standard InChI is InChI=1S/C8H6N4O2/c13-11-4-1-5-12(14)8(11)7-2-3-9-10-6-7/h1-6H. The van der Waals surface area contributed by atoms with E-state index in [4.69, 9.17) is 0 Å². The molecule has 0 saturated heterocycles. The molecule has 0 atom stereocenters. The van der Waals surface area contributed by atoms with E-state index in [0.717, 1.165) is 0 Å². The fourth-order valence-corrected chi connectivity index (χ4v) is 1.11. The third-order valence-corrected chi connectivity index (χ3v) is 1.70. The minimum Gasteiger partial charge on any atom is -0.614 e. The zero-order chi connectivity index (χ0) is 9.97. The van der Waals surface area contributed by atoms with Gasteiger partial charge in [0, 0.05) is 0 Å². The summed E-state index contributed by atoms with van der Waals surface area (Å²) in [5, 5.41) is 29.7. The van der Waals surface area contributed by atoms with Crippen LogP contribution in [-0.2, 0) is 0 Å². The molecule has 2 aromatic heterocycles. The molecule has 0 aliphatic heterocycles. The molecule has 0 bridgehead atoms. The molecule has 2 heterocycles. The van der Waals surface area contributed by atoms with Crippen LogP contribution in [0.1, 0.15) is 0 Å². The average molecular weight is 190 g/mol. The minimum atomic E-state index is -0.0117. The second kappa shape index (κ2) is 3.25. The number of hydrogen-bond acceptors (Lipinski definition) is 4. The molecule has 0 unspecified atom stereocenters. The Balaban J connectivity index is 2.63. The summed E-state index contributed by atoms with van der Waals surface area (Å²) in [7, 11) is 0. The molecule has 14 heavy (non-hydrogen) atoms. The molecule has 0 saturated carbocycles. The van der Waals surface area contributed by atoms with Gasteiger partial charge in [-0.3, -0.25) is 0 Å². The lowest BCUT2D eigenvalue weighted by atomic mass is 10.3. The van der Waals surface area contributed by atoms with Crippen molar-refractivity contribution < 1.29 is 9.46 Å². The highest BCUT2D eigenvalue weighted by atomic mass is 16.5. The smallest absolute Gasteiger partial charge is 0.475 e. The minimum absolute atomic E-state index is 0.0117. The second-order valence-electron chi connectivity index (χ2n) is 2.60. The van der Waals surface area contributed by atoms with E-state index in [1.165, 1.54) is 30.9 Å². The van der Waals surface area contributed by atoms with E-state index in [1.807, 2.05) is 0 Å². The van der Waals surface area contributed by atoms with Gasteiger partial charge in [-0.15, -0.1) is 9.46 Å². The predicted molar refractivity (Wildman–Crippen MR) is 45.4 cm³/mol. The highest BCUT2D eigenvalue weighted by molar-refractivity contribution is 5.45. The van der Waals surface area contributed by atoms with Gasteiger partial charge in [-0.25, -0.2) is 0 Å². The fraction of sp³-hybridized carbons (Fsp3) is 0. The molecular weight excluding hydrogens is 184 g/mol. The fourth-order valence-electron chi connectivity index (χ4n) is 1.11. The van der Waals surface area contributed by atoms with Crippen molar-refractivity contribution in [1.82, 2.24) is 10.2 Å². The van der Waals surface area contributed by atoms with Crippen molar-refractivity contribution in [2.45, 2.75) is 0 Å². The molecule has 0 aromatic carbocycles. The molecule has 2 aromatic rings. The van der Waals surface area contributed by atoms with E-state index in [0.29, 0.717) is 15.0 Å². The molecule has 0 amide bonds. The van der Waals surface area contributed by atoms with E-state index in [9.17, 15) is 10.4 Å². The number of rotatable bonds is 1. The van der Waals surface area contributed by atoms with E-state index in [1.54, 1.807) is 6.07 Å². The Bertz CT molecular complexity index is 426. The van der Waals surface area contributed by atoms with Gasteiger partial charge in [0.25, 0.3) is 0 Å². The third kappa shape index (κ3) is 1.33. The van der Waals surface area contributed by atoms with Gasteiger partial charge < -0.3 is 10.4 Å². The van der Waals surface area contributed by atoms with Crippen molar-refractivity contribution in [1.29, 1.82) is 0 Å². The second-order valence-corrected chi connectivity index (χ2v) is 2.60. The van der Waals surface area contributed by atoms with Gasteiger partial charge in [-0.1, -0.05) is 0 Å². The zero-order valence-corrected chi connectivity index (χ0v) is 7.07. The maximum absolute atomic E-state index is 11.3. The summed E-state index contributed by atoms with van der Waals surface area (Å²) in [6.07, 6.45) is 5.29. The van der Waals surface area contributed by atoms with Gasteiger partial charge >= 0.3 is 5.82 Å². The molecule has 6 nitrogen and oxygen atoms in total. The first-order chi connectivity index (χ1) is 6.79. The van der Waals surface area contributed by atoms with Gasteiger partial charge in [-0.05, 0) is 6.07 Å². The molecule has 0 radical (unpaired) electrons. The summed E-state index contributed by atoms with van der Waals surface area (Å²) in [6, 6.07) is 2.92. The lowest BCUT2D eigenvalue weighted by Gasteiger charge is -2.02. The molecule has 0 aliphatic carbocycles. The Labute approximate surface area is 79.3 Å². The highest BCUT2D eigenvalue weighted by Gasteiger charge is 2.19. The molecular formula is C8H6N4O2. The first kappa shape index (κ1) is 8.36.